The molecule has 1 aromatic carbocycles. The third kappa shape index (κ3) is 3.07. The van der Waals surface area contributed by atoms with E-state index in [-0.39, 0.29) is 11.8 Å². The van der Waals surface area contributed by atoms with E-state index in [1.54, 1.807) is 18.6 Å². The van der Waals surface area contributed by atoms with Crippen LogP contribution in [0.5, 0.6) is 5.75 Å². The van der Waals surface area contributed by atoms with E-state index in [2.05, 4.69) is 20.3 Å². The first-order chi connectivity index (χ1) is 12.7. The lowest BCUT2D eigenvalue weighted by molar-refractivity contribution is 0.471. The first-order valence-corrected chi connectivity index (χ1v) is 8.39. The van der Waals surface area contributed by atoms with Crippen LogP contribution in [0.1, 0.15) is 22.9 Å². The number of hydrogen-bond acceptors (Lipinski definition) is 5. The molecule has 4 aromatic rings. The van der Waals surface area contributed by atoms with Gasteiger partial charge in [-0.05, 0) is 42.8 Å². The van der Waals surface area contributed by atoms with Crippen molar-refractivity contribution in [1.29, 1.82) is 0 Å². The van der Waals surface area contributed by atoms with Gasteiger partial charge >= 0.3 is 0 Å². The smallest absolute Gasteiger partial charge is 0.147 e. The summed E-state index contributed by atoms with van der Waals surface area (Å²) in [6.07, 6.45) is 5.18. The molecule has 0 bridgehead atoms. The van der Waals surface area contributed by atoms with Gasteiger partial charge in [0.25, 0.3) is 0 Å². The summed E-state index contributed by atoms with van der Waals surface area (Å²) in [5, 5.41) is 15.2. The summed E-state index contributed by atoms with van der Waals surface area (Å²) in [7, 11) is 0. The molecule has 0 fully saturated rings. The monoisotopic (exact) mass is 342 g/mol. The third-order valence-corrected chi connectivity index (χ3v) is 4.28. The van der Waals surface area contributed by atoms with Crippen molar-refractivity contribution in [2.24, 2.45) is 0 Å². The fourth-order valence-electron chi connectivity index (χ4n) is 3.00. The Morgan fingerprint density at radius 2 is 1.77 bits per heavy atom. The predicted molar refractivity (Wildman–Crippen MR) is 102 cm³/mol. The molecule has 128 valence electrons. The number of aromatic nitrogens is 3. The Morgan fingerprint density at radius 1 is 0.885 bits per heavy atom. The Morgan fingerprint density at radius 3 is 2.58 bits per heavy atom. The van der Waals surface area contributed by atoms with Crippen molar-refractivity contribution in [3.8, 4) is 5.75 Å². The zero-order chi connectivity index (χ0) is 17.9. The van der Waals surface area contributed by atoms with Crippen molar-refractivity contribution in [1.82, 2.24) is 15.0 Å². The van der Waals surface area contributed by atoms with Gasteiger partial charge in [-0.15, -0.1) is 0 Å². The maximum Gasteiger partial charge on any atom is 0.147 e. The maximum absolute atomic E-state index is 10.9. The lowest BCUT2D eigenvalue weighted by Gasteiger charge is -2.21. The fraction of sp³-hybridized carbons (Fsp3) is 0.0952. The summed E-state index contributed by atoms with van der Waals surface area (Å²) in [5.74, 6) is 0.875. The van der Waals surface area contributed by atoms with Gasteiger partial charge in [-0.2, -0.15) is 0 Å². The van der Waals surface area contributed by atoms with Crippen molar-refractivity contribution in [2.75, 3.05) is 5.32 Å². The molecule has 4 rings (SSSR count). The van der Waals surface area contributed by atoms with Crippen molar-refractivity contribution in [2.45, 2.75) is 13.0 Å². The van der Waals surface area contributed by atoms with Gasteiger partial charge in [0.05, 0.1) is 11.7 Å². The highest BCUT2D eigenvalue weighted by Gasteiger charge is 2.21. The van der Waals surface area contributed by atoms with E-state index in [0.717, 1.165) is 22.5 Å². The highest BCUT2D eigenvalue weighted by molar-refractivity contribution is 5.85. The standard InChI is InChI=1S/C21H18N4O/c1-14-9-12-23-18(13-14)25-20(17-6-2-3-10-22-17)16-8-7-15-5-4-11-24-19(15)21(16)26/h2-13,20,26H,1H3,(H,23,25)/t20-/m1/s1. The lowest BCUT2D eigenvalue weighted by atomic mass is 9.99. The molecule has 5 heteroatoms. The molecular formula is C21H18N4O. The Labute approximate surface area is 151 Å². The first kappa shape index (κ1) is 16.0. The zero-order valence-electron chi connectivity index (χ0n) is 14.3. The van der Waals surface area contributed by atoms with Crippen LogP contribution in [0.25, 0.3) is 10.9 Å². The number of anilines is 1. The molecule has 3 aromatic heterocycles. The molecule has 5 nitrogen and oxygen atoms in total. The SMILES string of the molecule is Cc1ccnc(N[C@@H](c2ccccn2)c2ccc3cccnc3c2O)c1. The molecule has 0 spiro atoms. The number of benzene rings is 1. The average molecular weight is 342 g/mol. The van der Waals surface area contributed by atoms with Crippen LogP contribution in [0.3, 0.4) is 0 Å². The van der Waals surface area contributed by atoms with Gasteiger partial charge in [0.1, 0.15) is 17.1 Å². The number of nitrogens with one attached hydrogen (secondary N) is 1. The van der Waals surface area contributed by atoms with Crippen LogP contribution in [-0.4, -0.2) is 20.1 Å². The Hall–Kier alpha value is -3.47. The van der Waals surface area contributed by atoms with E-state index in [0.29, 0.717) is 11.1 Å². The molecule has 2 N–H and O–H groups in total. The maximum atomic E-state index is 10.9. The van der Waals surface area contributed by atoms with Crippen molar-refractivity contribution in [3.05, 3.63) is 90.0 Å². The van der Waals surface area contributed by atoms with Crippen molar-refractivity contribution in [3.63, 3.8) is 0 Å². The molecular weight excluding hydrogens is 324 g/mol. The van der Waals surface area contributed by atoms with Gasteiger partial charge < -0.3 is 10.4 Å². The van der Waals surface area contributed by atoms with Crippen LogP contribution in [0, 0.1) is 6.92 Å². The largest absolute Gasteiger partial charge is 0.505 e. The van der Waals surface area contributed by atoms with Crippen LogP contribution < -0.4 is 5.32 Å². The van der Waals surface area contributed by atoms with Gasteiger partial charge in [0.2, 0.25) is 0 Å². The highest BCUT2D eigenvalue weighted by atomic mass is 16.3. The van der Waals surface area contributed by atoms with Crippen molar-refractivity contribution >= 4 is 16.7 Å². The van der Waals surface area contributed by atoms with E-state index in [9.17, 15) is 5.11 Å². The molecule has 0 unspecified atom stereocenters. The van der Waals surface area contributed by atoms with Gasteiger partial charge in [-0.25, -0.2) is 4.98 Å². The second-order valence-corrected chi connectivity index (χ2v) is 6.13. The second kappa shape index (κ2) is 6.80. The lowest BCUT2D eigenvalue weighted by Crippen LogP contribution is -2.15. The first-order valence-electron chi connectivity index (χ1n) is 8.39. The number of phenols is 1. The molecule has 1 atom stereocenters. The topological polar surface area (TPSA) is 70.9 Å². The molecule has 0 saturated heterocycles. The highest BCUT2D eigenvalue weighted by Crippen LogP contribution is 2.35. The van der Waals surface area contributed by atoms with E-state index >= 15 is 0 Å². The molecule has 0 aliphatic carbocycles. The number of nitrogens with zero attached hydrogens (tertiary/aromatic N) is 3. The summed E-state index contributed by atoms with van der Waals surface area (Å²) >= 11 is 0. The summed E-state index contributed by atoms with van der Waals surface area (Å²) in [6.45, 7) is 2.01. The number of rotatable bonds is 4. The summed E-state index contributed by atoms with van der Waals surface area (Å²) in [6, 6.07) is 16.9. The third-order valence-electron chi connectivity index (χ3n) is 4.28. The zero-order valence-corrected chi connectivity index (χ0v) is 14.3. The molecule has 0 saturated carbocycles. The van der Waals surface area contributed by atoms with Crippen LogP contribution in [0.15, 0.2) is 73.2 Å². The summed E-state index contributed by atoms with van der Waals surface area (Å²) < 4.78 is 0. The molecule has 0 amide bonds. The minimum atomic E-state index is -0.350. The van der Waals surface area contributed by atoms with Gasteiger partial charge in [-0.3, -0.25) is 9.97 Å². The Kier molecular flexibility index (Phi) is 4.19. The Balaban J connectivity index is 1.84. The molecule has 0 aliphatic rings. The molecule has 26 heavy (non-hydrogen) atoms. The Bertz CT molecular complexity index is 1050. The van der Waals surface area contributed by atoms with Crippen LogP contribution in [0.2, 0.25) is 0 Å². The minimum absolute atomic E-state index is 0.152. The van der Waals surface area contributed by atoms with E-state index in [1.807, 2.05) is 61.5 Å². The molecule has 3 heterocycles. The fourth-order valence-corrected chi connectivity index (χ4v) is 3.00. The number of pyridine rings is 3. The van der Waals surface area contributed by atoms with E-state index in [1.165, 1.54) is 0 Å². The van der Waals surface area contributed by atoms with E-state index in [4.69, 9.17) is 0 Å². The van der Waals surface area contributed by atoms with Crippen LogP contribution in [0.4, 0.5) is 5.82 Å². The van der Waals surface area contributed by atoms with Crippen LogP contribution >= 0.6 is 0 Å². The summed E-state index contributed by atoms with van der Waals surface area (Å²) in [4.78, 5) is 13.2. The van der Waals surface area contributed by atoms with Gasteiger partial charge in [0, 0.05) is 29.5 Å². The van der Waals surface area contributed by atoms with Crippen molar-refractivity contribution < 1.29 is 5.11 Å². The number of hydrogen-bond donors (Lipinski definition) is 2. The second-order valence-electron chi connectivity index (χ2n) is 6.13. The van der Waals surface area contributed by atoms with Crippen LogP contribution in [-0.2, 0) is 0 Å². The minimum Gasteiger partial charge on any atom is -0.505 e. The predicted octanol–water partition coefficient (Wildman–Crippen LogP) is 4.24. The number of aryl methyl sites for hydroxylation is 1. The number of aromatic hydroxyl groups is 1. The van der Waals surface area contributed by atoms with Gasteiger partial charge in [0.15, 0.2) is 0 Å². The quantitative estimate of drug-likeness (QED) is 0.580. The number of fused-ring (bicyclic) bond motifs is 1. The van der Waals surface area contributed by atoms with E-state index < -0.39 is 0 Å². The molecule has 0 radical (unpaired) electrons. The normalized spacial score (nSPS) is 12.0. The number of phenolic OH excluding ortho intramolecular Hbond substituents is 1. The summed E-state index contributed by atoms with van der Waals surface area (Å²) in [5.41, 5.74) is 3.18. The average Bonchev–Trinajstić information content (AvgIpc) is 2.68. The molecule has 0 aliphatic heterocycles. The van der Waals surface area contributed by atoms with Gasteiger partial charge in [-0.1, -0.05) is 24.3 Å².